The Kier molecular flexibility index (Phi) is 3.61. The highest BCUT2D eigenvalue weighted by molar-refractivity contribution is 5.19. The molecule has 2 nitrogen and oxygen atoms in total. The summed E-state index contributed by atoms with van der Waals surface area (Å²) in [6.45, 7) is 3.76. The van der Waals surface area contributed by atoms with Crippen LogP contribution >= 0.6 is 0 Å². The van der Waals surface area contributed by atoms with Gasteiger partial charge in [0.15, 0.2) is 0 Å². The maximum absolute atomic E-state index is 13.4. The van der Waals surface area contributed by atoms with E-state index in [-0.39, 0.29) is 6.54 Å². The second kappa shape index (κ2) is 4.58. The average Bonchev–Trinajstić information content (AvgIpc) is 2.22. The highest BCUT2D eigenvalue weighted by atomic mass is 19.1. The molecule has 0 spiro atoms. The molecule has 0 aliphatic carbocycles. The molecule has 0 heterocycles. The summed E-state index contributed by atoms with van der Waals surface area (Å²) in [6, 6.07) is 5.58. The summed E-state index contributed by atoms with van der Waals surface area (Å²) in [4.78, 5) is 1.71. The number of halogens is 2. The van der Waals surface area contributed by atoms with Crippen molar-refractivity contribution >= 4 is 0 Å². The molecule has 0 atom stereocenters. The zero-order valence-electron chi connectivity index (χ0n) is 9.59. The molecule has 0 aliphatic heterocycles. The average molecular weight is 224 g/mol. The summed E-state index contributed by atoms with van der Waals surface area (Å²) >= 11 is 0. The maximum atomic E-state index is 13.4. The Morgan fingerprint density at radius 1 is 1.38 bits per heavy atom. The smallest absolute Gasteiger partial charge is 0.130 e. The van der Waals surface area contributed by atoms with E-state index < -0.39 is 17.2 Å². The zero-order valence-corrected chi connectivity index (χ0v) is 9.59. The quantitative estimate of drug-likeness (QED) is 0.789. The van der Waals surface area contributed by atoms with Crippen molar-refractivity contribution in [2.75, 3.05) is 7.05 Å². The van der Waals surface area contributed by atoms with E-state index in [1.165, 1.54) is 12.1 Å². The van der Waals surface area contributed by atoms with Crippen LogP contribution < -0.4 is 0 Å². The molecule has 86 valence electrons. The van der Waals surface area contributed by atoms with Gasteiger partial charge >= 0.3 is 0 Å². The second-order valence-corrected chi connectivity index (χ2v) is 4.26. The molecular formula is C12H14F2N2. The van der Waals surface area contributed by atoms with Gasteiger partial charge < -0.3 is 0 Å². The van der Waals surface area contributed by atoms with Crippen molar-refractivity contribution in [2.24, 2.45) is 0 Å². The third-order valence-corrected chi connectivity index (χ3v) is 2.65. The summed E-state index contributed by atoms with van der Waals surface area (Å²) < 4.78 is 26.0. The minimum Gasteiger partial charge on any atom is -0.285 e. The molecule has 0 radical (unpaired) electrons. The Bertz CT molecular complexity index is 422. The normalized spacial score (nSPS) is 11.6. The highest BCUT2D eigenvalue weighted by Gasteiger charge is 2.23. The first-order chi connectivity index (χ1) is 7.36. The maximum Gasteiger partial charge on any atom is 0.130 e. The van der Waals surface area contributed by atoms with Crippen molar-refractivity contribution < 1.29 is 8.78 Å². The molecule has 0 saturated carbocycles. The van der Waals surface area contributed by atoms with E-state index in [9.17, 15) is 8.78 Å². The van der Waals surface area contributed by atoms with Crippen molar-refractivity contribution in [3.8, 4) is 6.07 Å². The fraction of sp³-hybridized carbons (Fsp3) is 0.417. The van der Waals surface area contributed by atoms with Crippen molar-refractivity contribution in [1.29, 1.82) is 5.26 Å². The molecule has 0 unspecified atom stereocenters. The fourth-order valence-corrected chi connectivity index (χ4v) is 1.19. The van der Waals surface area contributed by atoms with Crippen molar-refractivity contribution in [2.45, 2.75) is 25.9 Å². The molecule has 1 aromatic rings. The van der Waals surface area contributed by atoms with Gasteiger partial charge in [0.1, 0.15) is 17.2 Å². The molecule has 1 rings (SSSR count). The van der Waals surface area contributed by atoms with Crippen LogP contribution in [0.1, 0.15) is 19.4 Å². The van der Waals surface area contributed by atoms with E-state index in [2.05, 4.69) is 6.07 Å². The van der Waals surface area contributed by atoms with E-state index in [1.807, 2.05) is 0 Å². The standard InChI is InChI=1S/C12H14F2N2/c1-12(2,8-15)16(3)7-9-4-5-10(13)6-11(9)14/h4-6H,7H2,1-3H3. The number of rotatable bonds is 3. The van der Waals surface area contributed by atoms with Gasteiger partial charge in [-0.2, -0.15) is 5.26 Å². The Balaban J connectivity index is 2.86. The van der Waals surface area contributed by atoms with E-state index >= 15 is 0 Å². The lowest BCUT2D eigenvalue weighted by Gasteiger charge is -2.29. The molecule has 4 heteroatoms. The van der Waals surface area contributed by atoms with Gasteiger partial charge in [0.05, 0.1) is 6.07 Å². The van der Waals surface area contributed by atoms with Crippen LogP contribution in [0.5, 0.6) is 0 Å². The number of hydrogen-bond acceptors (Lipinski definition) is 2. The first-order valence-corrected chi connectivity index (χ1v) is 4.93. The van der Waals surface area contributed by atoms with Gasteiger partial charge in [0.2, 0.25) is 0 Å². The Morgan fingerprint density at radius 2 is 2.00 bits per heavy atom. The van der Waals surface area contributed by atoms with Crippen LogP contribution in [0, 0.1) is 23.0 Å². The predicted molar refractivity (Wildman–Crippen MR) is 57.5 cm³/mol. The summed E-state index contributed by atoms with van der Waals surface area (Å²) in [5.41, 5.74) is -0.298. The van der Waals surface area contributed by atoms with Gasteiger partial charge in [0.25, 0.3) is 0 Å². The molecule has 0 bridgehead atoms. The van der Waals surface area contributed by atoms with Crippen molar-refractivity contribution in [1.82, 2.24) is 4.90 Å². The summed E-state index contributed by atoms with van der Waals surface area (Å²) in [7, 11) is 1.73. The van der Waals surface area contributed by atoms with Gasteiger partial charge in [-0.1, -0.05) is 6.07 Å². The first kappa shape index (κ1) is 12.6. The van der Waals surface area contributed by atoms with Crippen LogP contribution in [-0.2, 0) is 6.54 Å². The molecular weight excluding hydrogens is 210 g/mol. The van der Waals surface area contributed by atoms with E-state index in [0.29, 0.717) is 5.56 Å². The molecule has 16 heavy (non-hydrogen) atoms. The SMILES string of the molecule is CN(Cc1ccc(F)cc1F)C(C)(C)C#N. The van der Waals surface area contributed by atoms with Crippen LogP contribution in [0.15, 0.2) is 18.2 Å². The number of benzene rings is 1. The molecule has 0 saturated heterocycles. The Labute approximate surface area is 94.1 Å². The Hall–Kier alpha value is -1.47. The lowest BCUT2D eigenvalue weighted by atomic mass is 10.0. The molecule has 0 aromatic heterocycles. The van der Waals surface area contributed by atoms with Crippen LogP contribution in [-0.4, -0.2) is 17.5 Å². The minimum absolute atomic E-state index is 0.271. The molecule has 1 aromatic carbocycles. The third-order valence-electron chi connectivity index (χ3n) is 2.65. The fourth-order valence-electron chi connectivity index (χ4n) is 1.19. The predicted octanol–water partition coefficient (Wildman–Crippen LogP) is 2.70. The van der Waals surface area contributed by atoms with Gasteiger partial charge in [-0.3, -0.25) is 4.90 Å². The topological polar surface area (TPSA) is 27.0 Å². The summed E-state index contributed by atoms with van der Waals surface area (Å²) in [6.07, 6.45) is 0. The Morgan fingerprint density at radius 3 is 2.50 bits per heavy atom. The van der Waals surface area contributed by atoms with E-state index in [4.69, 9.17) is 5.26 Å². The van der Waals surface area contributed by atoms with Crippen molar-refractivity contribution in [3.05, 3.63) is 35.4 Å². The molecule has 0 aliphatic rings. The molecule has 0 N–H and O–H groups in total. The monoisotopic (exact) mass is 224 g/mol. The second-order valence-electron chi connectivity index (χ2n) is 4.26. The van der Waals surface area contributed by atoms with Crippen LogP contribution in [0.2, 0.25) is 0 Å². The first-order valence-electron chi connectivity index (χ1n) is 4.93. The van der Waals surface area contributed by atoms with Gasteiger partial charge in [-0.15, -0.1) is 0 Å². The van der Waals surface area contributed by atoms with E-state index in [0.717, 1.165) is 6.07 Å². The lowest BCUT2D eigenvalue weighted by molar-refractivity contribution is 0.200. The van der Waals surface area contributed by atoms with Gasteiger partial charge in [-0.25, -0.2) is 8.78 Å². The van der Waals surface area contributed by atoms with Gasteiger partial charge in [0, 0.05) is 18.2 Å². The number of nitrogens with zero attached hydrogens (tertiary/aromatic N) is 2. The van der Waals surface area contributed by atoms with Crippen LogP contribution in [0.4, 0.5) is 8.78 Å². The number of hydrogen-bond donors (Lipinski definition) is 0. The van der Waals surface area contributed by atoms with E-state index in [1.54, 1.807) is 25.8 Å². The molecule has 0 fully saturated rings. The van der Waals surface area contributed by atoms with Crippen LogP contribution in [0.3, 0.4) is 0 Å². The lowest BCUT2D eigenvalue weighted by Crippen LogP contribution is -2.39. The summed E-state index contributed by atoms with van der Waals surface area (Å²) in [5.74, 6) is -1.18. The third kappa shape index (κ3) is 2.77. The largest absolute Gasteiger partial charge is 0.285 e. The number of nitriles is 1. The molecule has 0 amide bonds. The van der Waals surface area contributed by atoms with Crippen molar-refractivity contribution in [3.63, 3.8) is 0 Å². The highest BCUT2D eigenvalue weighted by Crippen LogP contribution is 2.17. The summed E-state index contributed by atoms with van der Waals surface area (Å²) in [5, 5.41) is 8.91. The van der Waals surface area contributed by atoms with Gasteiger partial charge in [-0.05, 0) is 27.0 Å². The minimum atomic E-state index is -0.680. The van der Waals surface area contributed by atoms with Crippen LogP contribution in [0.25, 0.3) is 0 Å². The zero-order chi connectivity index (χ0) is 12.3.